The highest BCUT2D eigenvalue weighted by atomic mass is 79.9. The maximum Gasteiger partial charge on any atom is 0.0222 e. The molecule has 0 radical (unpaired) electrons. The molecular formula is C13H21BrN2. The number of likely N-dealkylation sites (N-methyl/N-ethyl adjacent to an activating group) is 1. The van der Waals surface area contributed by atoms with Crippen molar-refractivity contribution in [2.24, 2.45) is 0 Å². The lowest BCUT2D eigenvalue weighted by atomic mass is 10.1. The molecular weight excluding hydrogens is 264 g/mol. The molecule has 0 amide bonds. The van der Waals surface area contributed by atoms with E-state index in [-0.39, 0.29) is 0 Å². The number of hydrogen-bond donors (Lipinski definition) is 1. The third kappa shape index (κ3) is 4.64. The van der Waals surface area contributed by atoms with Crippen LogP contribution >= 0.6 is 15.9 Å². The zero-order valence-electron chi connectivity index (χ0n) is 10.5. The van der Waals surface area contributed by atoms with Crippen LogP contribution in [0.5, 0.6) is 0 Å². The smallest absolute Gasteiger partial charge is 0.0222 e. The summed E-state index contributed by atoms with van der Waals surface area (Å²) in [7, 11) is 4.19. The number of nitrogens with zero attached hydrogens (tertiary/aromatic N) is 1. The molecule has 3 heteroatoms. The van der Waals surface area contributed by atoms with Crippen LogP contribution in [0.2, 0.25) is 0 Å². The highest BCUT2D eigenvalue weighted by Gasteiger charge is 2.04. The van der Waals surface area contributed by atoms with Gasteiger partial charge in [0.15, 0.2) is 0 Å². The second-order valence-corrected chi connectivity index (χ2v) is 5.49. The molecule has 1 atom stereocenters. The van der Waals surface area contributed by atoms with Gasteiger partial charge in [-0.1, -0.05) is 28.1 Å². The molecule has 0 aliphatic rings. The van der Waals surface area contributed by atoms with E-state index in [1.165, 1.54) is 15.6 Å². The van der Waals surface area contributed by atoms with Crippen molar-refractivity contribution in [2.45, 2.75) is 26.4 Å². The number of halogens is 1. The minimum absolute atomic E-state index is 0.503. The Labute approximate surface area is 107 Å². The third-order valence-corrected chi connectivity index (χ3v) is 3.23. The Morgan fingerprint density at radius 3 is 2.62 bits per heavy atom. The average molecular weight is 285 g/mol. The van der Waals surface area contributed by atoms with Crippen molar-refractivity contribution < 1.29 is 0 Å². The lowest BCUT2D eigenvalue weighted by Crippen LogP contribution is -2.35. The van der Waals surface area contributed by atoms with Gasteiger partial charge in [0.25, 0.3) is 0 Å². The molecule has 0 fully saturated rings. The van der Waals surface area contributed by atoms with Gasteiger partial charge in [-0.25, -0.2) is 0 Å². The Hall–Kier alpha value is -0.380. The maximum atomic E-state index is 3.60. The Balaban J connectivity index is 2.48. The maximum absolute atomic E-state index is 3.60. The van der Waals surface area contributed by atoms with Gasteiger partial charge in [-0.15, -0.1) is 0 Å². The molecule has 90 valence electrons. The average Bonchev–Trinajstić information content (AvgIpc) is 2.15. The van der Waals surface area contributed by atoms with Gasteiger partial charge >= 0.3 is 0 Å². The molecule has 0 aliphatic heterocycles. The standard InChI is InChI=1S/C13H21BrN2/c1-10-5-6-12(13(14)7-10)8-15-11(2)9-16(3)4/h5-7,11,15H,8-9H2,1-4H3. The molecule has 1 aromatic rings. The normalized spacial score (nSPS) is 13.1. The van der Waals surface area contributed by atoms with Gasteiger partial charge in [0.1, 0.15) is 0 Å². The molecule has 0 spiro atoms. The Morgan fingerprint density at radius 2 is 2.06 bits per heavy atom. The zero-order valence-corrected chi connectivity index (χ0v) is 12.1. The zero-order chi connectivity index (χ0) is 12.1. The minimum atomic E-state index is 0.503. The minimum Gasteiger partial charge on any atom is -0.309 e. The van der Waals surface area contributed by atoms with E-state index in [1.807, 2.05) is 0 Å². The number of aryl methyl sites for hydroxylation is 1. The van der Waals surface area contributed by atoms with Crippen molar-refractivity contribution in [3.05, 3.63) is 33.8 Å². The van der Waals surface area contributed by atoms with Crippen LogP contribution in [0.25, 0.3) is 0 Å². The monoisotopic (exact) mass is 284 g/mol. The van der Waals surface area contributed by atoms with E-state index in [4.69, 9.17) is 0 Å². The second kappa shape index (κ2) is 6.38. The van der Waals surface area contributed by atoms with E-state index in [0.717, 1.165) is 13.1 Å². The van der Waals surface area contributed by atoms with Crippen LogP contribution in [0.3, 0.4) is 0 Å². The summed E-state index contributed by atoms with van der Waals surface area (Å²) in [6, 6.07) is 6.99. The first kappa shape index (κ1) is 13.7. The summed E-state index contributed by atoms with van der Waals surface area (Å²) in [4.78, 5) is 2.20. The molecule has 16 heavy (non-hydrogen) atoms. The summed E-state index contributed by atoms with van der Waals surface area (Å²) in [5.41, 5.74) is 2.60. The molecule has 1 rings (SSSR count). The summed E-state index contributed by atoms with van der Waals surface area (Å²) >= 11 is 3.60. The highest BCUT2D eigenvalue weighted by molar-refractivity contribution is 9.10. The van der Waals surface area contributed by atoms with E-state index in [2.05, 4.69) is 72.3 Å². The second-order valence-electron chi connectivity index (χ2n) is 4.64. The van der Waals surface area contributed by atoms with Gasteiger partial charge in [-0.05, 0) is 45.1 Å². The number of rotatable bonds is 5. The summed E-state index contributed by atoms with van der Waals surface area (Å²) in [5.74, 6) is 0. The van der Waals surface area contributed by atoms with E-state index >= 15 is 0 Å². The molecule has 1 unspecified atom stereocenters. The van der Waals surface area contributed by atoms with Crippen molar-refractivity contribution in [2.75, 3.05) is 20.6 Å². The number of benzene rings is 1. The Kier molecular flexibility index (Phi) is 5.46. The van der Waals surface area contributed by atoms with Gasteiger partial charge in [0.05, 0.1) is 0 Å². The van der Waals surface area contributed by atoms with Crippen LogP contribution in [0, 0.1) is 6.92 Å². The van der Waals surface area contributed by atoms with Gasteiger partial charge in [-0.3, -0.25) is 0 Å². The first-order valence-corrected chi connectivity index (χ1v) is 6.41. The fraction of sp³-hybridized carbons (Fsp3) is 0.538. The van der Waals surface area contributed by atoms with E-state index < -0.39 is 0 Å². The Morgan fingerprint density at radius 1 is 1.38 bits per heavy atom. The highest BCUT2D eigenvalue weighted by Crippen LogP contribution is 2.18. The number of hydrogen-bond acceptors (Lipinski definition) is 2. The van der Waals surface area contributed by atoms with E-state index in [1.54, 1.807) is 0 Å². The first-order valence-electron chi connectivity index (χ1n) is 5.62. The predicted octanol–water partition coefficient (Wildman–Crippen LogP) is 2.80. The summed E-state index contributed by atoms with van der Waals surface area (Å²) < 4.78 is 1.19. The lowest BCUT2D eigenvalue weighted by molar-refractivity contribution is 0.349. The van der Waals surface area contributed by atoms with Gasteiger partial charge < -0.3 is 10.2 Å². The van der Waals surface area contributed by atoms with Gasteiger partial charge in [0, 0.05) is 23.6 Å². The van der Waals surface area contributed by atoms with Crippen LogP contribution in [0.1, 0.15) is 18.1 Å². The van der Waals surface area contributed by atoms with Crippen molar-refractivity contribution in [1.29, 1.82) is 0 Å². The summed E-state index contributed by atoms with van der Waals surface area (Å²) in [6.07, 6.45) is 0. The van der Waals surface area contributed by atoms with Crippen molar-refractivity contribution in [1.82, 2.24) is 10.2 Å². The predicted molar refractivity (Wildman–Crippen MR) is 73.7 cm³/mol. The molecule has 0 saturated heterocycles. The van der Waals surface area contributed by atoms with Crippen molar-refractivity contribution in [3.8, 4) is 0 Å². The van der Waals surface area contributed by atoms with Crippen LogP contribution < -0.4 is 5.32 Å². The summed E-state index contributed by atoms with van der Waals surface area (Å²) in [5, 5.41) is 3.52. The van der Waals surface area contributed by atoms with Crippen LogP contribution in [0.4, 0.5) is 0 Å². The largest absolute Gasteiger partial charge is 0.309 e. The van der Waals surface area contributed by atoms with Crippen molar-refractivity contribution >= 4 is 15.9 Å². The molecule has 0 saturated carbocycles. The third-order valence-electron chi connectivity index (χ3n) is 2.49. The first-order chi connectivity index (χ1) is 7.49. The van der Waals surface area contributed by atoms with E-state index in [9.17, 15) is 0 Å². The van der Waals surface area contributed by atoms with Crippen LogP contribution in [-0.2, 0) is 6.54 Å². The topological polar surface area (TPSA) is 15.3 Å². The SMILES string of the molecule is Cc1ccc(CNC(C)CN(C)C)c(Br)c1. The molecule has 0 aromatic heterocycles. The fourth-order valence-corrected chi connectivity index (χ4v) is 2.33. The molecule has 0 bridgehead atoms. The summed E-state index contributed by atoms with van der Waals surface area (Å²) in [6.45, 7) is 6.29. The van der Waals surface area contributed by atoms with Crippen molar-refractivity contribution in [3.63, 3.8) is 0 Å². The molecule has 0 aliphatic carbocycles. The van der Waals surface area contributed by atoms with E-state index in [0.29, 0.717) is 6.04 Å². The molecule has 1 aromatic carbocycles. The molecule has 2 nitrogen and oxygen atoms in total. The van der Waals surface area contributed by atoms with Gasteiger partial charge in [0.2, 0.25) is 0 Å². The quantitative estimate of drug-likeness (QED) is 0.895. The van der Waals surface area contributed by atoms with Crippen LogP contribution in [0.15, 0.2) is 22.7 Å². The molecule has 0 heterocycles. The van der Waals surface area contributed by atoms with Crippen LogP contribution in [-0.4, -0.2) is 31.6 Å². The molecule has 1 N–H and O–H groups in total. The lowest BCUT2D eigenvalue weighted by Gasteiger charge is -2.18. The number of nitrogens with one attached hydrogen (secondary N) is 1. The Bertz CT molecular complexity index is 337. The van der Waals surface area contributed by atoms with Gasteiger partial charge in [-0.2, -0.15) is 0 Å². The fourth-order valence-electron chi connectivity index (χ4n) is 1.69.